The molecule has 276 valence electrons. The SMILES string of the molecule is C=C1[C@@H](OC(C)=O)[C@@H]2[C@H](OC(C)=O)[C@@](C)(OC(C)=O)C[C@@]2(OC(C)=O)C(=O)[C@@H](C)C=CC(C)(C)C(=O)[C@@H](OC(C)=O)[C@@H]1OC(=O)c1ccccc1. The molecule has 1 aromatic rings. The van der Waals surface area contributed by atoms with Gasteiger partial charge in [0.05, 0.1) is 11.5 Å². The number of esters is 6. The number of rotatable bonds is 7. The minimum absolute atomic E-state index is 0.0213. The summed E-state index contributed by atoms with van der Waals surface area (Å²) < 4.78 is 34.6. The second-order valence-corrected chi connectivity index (χ2v) is 13.5. The van der Waals surface area contributed by atoms with Crippen LogP contribution in [0.4, 0.5) is 0 Å². The summed E-state index contributed by atoms with van der Waals surface area (Å²) in [6.07, 6.45) is -5.25. The predicted molar refractivity (Wildman–Crippen MR) is 176 cm³/mol. The summed E-state index contributed by atoms with van der Waals surface area (Å²) in [7, 11) is 0. The monoisotopic (exact) mass is 712 g/mol. The van der Waals surface area contributed by atoms with E-state index in [9.17, 15) is 38.4 Å². The molecule has 2 aliphatic rings. The molecule has 0 saturated heterocycles. The summed E-state index contributed by atoms with van der Waals surface area (Å²) in [6, 6.07) is 7.58. The van der Waals surface area contributed by atoms with E-state index in [0.29, 0.717) is 0 Å². The topological polar surface area (TPSA) is 192 Å². The Balaban J connectivity index is 2.54. The maximum absolute atomic E-state index is 14.8. The van der Waals surface area contributed by atoms with E-state index in [-0.39, 0.29) is 5.56 Å². The number of ketones is 2. The average Bonchev–Trinajstić information content (AvgIpc) is 3.24. The van der Waals surface area contributed by atoms with E-state index in [0.717, 1.165) is 34.6 Å². The molecule has 0 heterocycles. The number of hydrogen-bond donors (Lipinski definition) is 0. The minimum atomic E-state index is -2.37. The lowest BCUT2D eigenvalue weighted by molar-refractivity contribution is -0.190. The first kappa shape index (κ1) is 40.3. The van der Waals surface area contributed by atoms with Crippen molar-refractivity contribution in [3.05, 3.63) is 60.2 Å². The molecule has 14 heteroatoms. The van der Waals surface area contributed by atoms with Gasteiger partial charge >= 0.3 is 35.8 Å². The van der Waals surface area contributed by atoms with Gasteiger partial charge in [-0.2, -0.15) is 0 Å². The van der Waals surface area contributed by atoms with Gasteiger partial charge in [0.2, 0.25) is 6.10 Å². The Hall–Kier alpha value is -5.14. The van der Waals surface area contributed by atoms with Crippen LogP contribution in [-0.4, -0.2) is 83.0 Å². The van der Waals surface area contributed by atoms with Crippen LogP contribution in [0.3, 0.4) is 0 Å². The molecule has 2 aliphatic carbocycles. The van der Waals surface area contributed by atoms with Gasteiger partial charge in [-0.15, -0.1) is 0 Å². The molecule has 1 fully saturated rings. The fourth-order valence-electron chi connectivity index (χ4n) is 6.78. The summed E-state index contributed by atoms with van der Waals surface area (Å²) in [5.41, 5.74) is -6.18. The number of allylic oxidation sites excluding steroid dienone is 2. The zero-order chi connectivity index (χ0) is 38.6. The first-order valence-corrected chi connectivity index (χ1v) is 16.2. The van der Waals surface area contributed by atoms with Gasteiger partial charge in [-0.3, -0.25) is 33.6 Å². The van der Waals surface area contributed by atoms with Gasteiger partial charge in [0, 0.05) is 57.9 Å². The Kier molecular flexibility index (Phi) is 12.2. The molecule has 3 rings (SSSR count). The highest BCUT2D eigenvalue weighted by molar-refractivity contribution is 5.96. The minimum Gasteiger partial charge on any atom is -0.458 e. The Labute approximate surface area is 295 Å². The standard InChI is InChI=1S/C37H44O14/c1-19-16-17-35(8,9)32(44)30(47-22(4)39)29(49-34(45)26-14-12-11-13-15-26)20(2)28(46-21(3)38)27-33(48-23(5)40)36(10,50-24(6)41)18-37(27,31(19)43)51-25(7)42/h11-17,19,27-30,33H,2,18H2,1,3-10H3/t19-,27+,28+,29+,30-,33-,36-,37-/m0/s1. The maximum Gasteiger partial charge on any atom is 0.338 e. The van der Waals surface area contributed by atoms with Crippen LogP contribution in [0.5, 0.6) is 0 Å². The molecular weight excluding hydrogens is 668 g/mol. The quantitative estimate of drug-likeness (QED) is 0.226. The number of carbonyl (C=O) groups is 8. The van der Waals surface area contributed by atoms with Gasteiger partial charge in [0.15, 0.2) is 35.0 Å². The van der Waals surface area contributed by atoms with Crippen LogP contribution in [0.25, 0.3) is 0 Å². The second-order valence-electron chi connectivity index (χ2n) is 13.5. The van der Waals surface area contributed by atoms with E-state index in [4.69, 9.17) is 28.4 Å². The number of hydrogen-bond acceptors (Lipinski definition) is 14. The molecule has 14 nitrogen and oxygen atoms in total. The molecule has 1 aromatic carbocycles. The number of carbonyl (C=O) groups excluding carboxylic acids is 8. The number of Topliss-reactive ketones (excluding diaryl/α,β-unsaturated/α-hetero) is 2. The van der Waals surface area contributed by atoms with E-state index < -0.39 is 112 Å². The lowest BCUT2D eigenvalue weighted by Gasteiger charge is -2.42. The Bertz CT molecular complexity index is 1640. The Morgan fingerprint density at radius 2 is 1.22 bits per heavy atom. The van der Waals surface area contributed by atoms with Crippen molar-refractivity contribution in [2.24, 2.45) is 17.3 Å². The first-order valence-electron chi connectivity index (χ1n) is 16.2. The third kappa shape index (κ3) is 8.78. The van der Waals surface area contributed by atoms with Gasteiger partial charge in [0.25, 0.3) is 0 Å². The predicted octanol–water partition coefficient (Wildman–Crippen LogP) is 3.58. The average molecular weight is 713 g/mol. The molecule has 0 radical (unpaired) electrons. The van der Waals surface area contributed by atoms with Gasteiger partial charge in [-0.25, -0.2) is 4.79 Å². The van der Waals surface area contributed by atoms with Gasteiger partial charge in [-0.05, 0) is 32.9 Å². The summed E-state index contributed by atoms with van der Waals surface area (Å²) >= 11 is 0. The van der Waals surface area contributed by atoms with Crippen molar-refractivity contribution >= 4 is 47.4 Å². The fourth-order valence-corrected chi connectivity index (χ4v) is 6.78. The molecular formula is C37H44O14. The summed E-state index contributed by atoms with van der Waals surface area (Å²) in [6.45, 7) is 15.0. The third-order valence-electron chi connectivity index (χ3n) is 8.76. The van der Waals surface area contributed by atoms with E-state index in [1.807, 2.05) is 0 Å². The summed E-state index contributed by atoms with van der Waals surface area (Å²) in [5.74, 6) is -10.2. The summed E-state index contributed by atoms with van der Waals surface area (Å²) in [5, 5.41) is 0. The highest BCUT2D eigenvalue weighted by Gasteiger charge is 2.72. The number of fused-ring (bicyclic) bond motifs is 1. The van der Waals surface area contributed by atoms with E-state index in [1.54, 1.807) is 18.2 Å². The Morgan fingerprint density at radius 3 is 1.73 bits per heavy atom. The third-order valence-corrected chi connectivity index (χ3v) is 8.76. The first-order chi connectivity index (χ1) is 23.6. The normalized spacial score (nSPS) is 30.4. The van der Waals surface area contributed by atoms with Crippen molar-refractivity contribution in [3.63, 3.8) is 0 Å². The molecule has 0 amide bonds. The molecule has 8 atom stereocenters. The van der Waals surface area contributed by atoms with Gasteiger partial charge < -0.3 is 28.4 Å². The van der Waals surface area contributed by atoms with Crippen molar-refractivity contribution in [2.45, 2.75) is 104 Å². The van der Waals surface area contributed by atoms with E-state index in [2.05, 4.69) is 6.58 Å². The molecule has 0 aromatic heterocycles. The summed E-state index contributed by atoms with van der Waals surface area (Å²) in [4.78, 5) is 106. The van der Waals surface area contributed by atoms with Gasteiger partial charge in [0.1, 0.15) is 6.10 Å². The molecule has 0 bridgehead atoms. The number of ether oxygens (including phenoxy) is 6. The van der Waals surface area contributed by atoms with E-state index >= 15 is 0 Å². The van der Waals surface area contributed by atoms with Crippen molar-refractivity contribution < 1.29 is 66.8 Å². The van der Waals surface area contributed by atoms with Crippen molar-refractivity contribution in [2.75, 3.05) is 0 Å². The molecule has 1 saturated carbocycles. The van der Waals surface area contributed by atoms with Gasteiger partial charge in [-0.1, -0.05) is 43.9 Å². The Morgan fingerprint density at radius 1 is 0.686 bits per heavy atom. The van der Waals surface area contributed by atoms with Crippen molar-refractivity contribution in [3.8, 4) is 0 Å². The zero-order valence-electron chi connectivity index (χ0n) is 30.1. The van der Waals surface area contributed by atoms with Crippen LogP contribution in [0.15, 0.2) is 54.6 Å². The number of benzene rings is 1. The lowest BCUT2D eigenvalue weighted by atomic mass is 9.72. The van der Waals surface area contributed by atoms with Crippen molar-refractivity contribution in [1.29, 1.82) is 0 Å². The van der Waals surface area contributed by atoms with Crippen LogP contribution in [0.2, 0.25) is 0 Å². The maximum atomic E-state index is 14.8. The molecule has 0 aliphatic heterocycles. The van der Waals surface area contributed by atoms with Crippen LogP contribution in [0, 0.1) is 17.3 Å². The van der Waals surface area contributed by atoms with E-state index in [1.165, 1.54) is 52.0 Å². The largest absolute Gasteiger partial charge is 0.458 e. The second kappa shape index (κ2) is 15.4. The smallest absolute Gasteiger partial charge is 0.338 e. The van der Waals surface area contributed by atoms with Crippen LogP contribution < -0.4 is 0 Å². The van der Waals surface area contributed by atoms with Crippen LogP contribution in [0.1, 0.15) is 79.1 Å². The highest BCUT2D eigenvalue weighted by atomic mass is 16.6. The molecule has 0 spiro atoms. The fraction of sp³-hybridized carbons (Fsp3) is 0.514. The molecule has 51 heavy (non-hydrogen) atoms. The van der Waals surface area contributed by atoms with Crippen LogP contribution in [-0.2, 0) is 62.0 Å². The van der Waals surface area contributed by atoms with Crippen molar-refractivity contribution in [1.82, 2.24) is 0 Å². The molecule has 0 unspecified atom stereocenters. The van der Waals surface area contributed by atoms with Crippen LogP contribution >= 0.6 is 0 Å². The zero-order valence-corrected chi connectivity index (χ0v) is 30.1. The highest BCUT2D eigenvalue weighted by Crippen LogP contribution is 2.54. The lowest BCUT2D eigenvalue weighted by Crippen LogP contribution is -2.58. The molecule has 0 N–H and O–H groups in total.